The maximum atomic E-state index is 9.06. The van der Waals surface area contributed by atoms with E-state index in [-0.39, 0.29) is 5.75 Å². The highest BCUT2D eigenvalue weighted by Crippen LogP contribution is 2.33. The van der Waals surface area contributed by atoms with Crippen LogP contribution < -0.4 is 0 Å². The minimum atomic E-state index is 0.110. The van der Waals surface area contributed by atoms with Crippen molar-refractivity contribution in [3.63, 3.8) is 0 Å². The molecule has 1 aromatic rings. The summed E-state index contributed by atoms with van der Waals surface area (Å²) in [6, 6.07) is 3.37. The Morgan fingerprint density at radius 3 is 2.60 bits per heavy atom. The van der Waals surface area contributed by atoms with E-state index in [0.29, 0.717) is 5.02 Å². The molecule has 1 aromatic carbocycles. The number of rotatable bonds is 0. The Balaban J connectivity index is 3.34. The van der Waals surface area contributed by atoms with Crippen molar-refractivity contribution in [1.29, 1.82) is 0 Å². The first-order valence-electron chi connectivity index (χ1n) is 2.76. The van der Waals surface area contributed by atoms with Crippen LogP contribution in [-0.4, -0.2) is 5.11 Å². The summed E-state index contributed by atoms with van der Waals surface area (Å²) >= 11 is 8.92. The second-order valence-electron chi connectivity index (χ2n) is 2.03. The standard InChI is InChI=1S/C7H6BrClO/c1-4-2-3-5(10)7(9)6(4)8/h2-3,10H,1H3. The van der Waals surface area contributed by atoms with Crippen LogP contribution in [0.15, 0.2) is 16.6 Å². The maximum Gasteiger partial charge on any atom is 0.135 e. The molecule has 0 unspecified atom stereocenters. The van der Waals surface area contributed by atoms with Crippen molar-refractivity contribution in [3.8, 4) is 5.75 Å². The lowest BCUT2D eigenvalue weighted by Gasteiger charge is -2.01. The molecule has 0 saturated carbocycles. The lowest BCUT2D eigenvalue weighted by molar-refractivity contribution is 0.475. The van der Waals surface area contributed by atoms with E-state index in [1.807, 2.05) is 6.92 Å². The van der Waals surface area contributed by atoms with Crippen LogP contribution in [0.5, 0.6) is 5.75 Å². The zero-order valence-corrected chi connectivity index (χ0v) is 7.70. The third kappa shape index (κ3) is 1.27. The van der Waals surface area contributed by atoms with Gasteiger partial charge in [-0.05, 0) is 34.5 Å². The molecule has 0 aromatic heterocycles. The Hall–Kier alpha value is -0.210. The van der Waals surface area contributed by atoms with Crippen LogP contribution in [-0.2, 0) is 0 Å². The molecule has 10 heavy (non-hydrogen) atoms. The summed E-state index contributed by atoms with van der Waals surface area (Å²) < 4.78 is 0.758. The Labute approximate surface area is 72.8 Å². The third-order valence-electron chi connectivity index (χ3n) is 1.26. The van der Waals surface area contributed by atoms with Crippen LogP contribution in [0.25, 0.3) is 0 Å². The normalized spacial score (nSPS) is 9.90. The molecule has 0 fully saturated rings. The summed E-state index contributed by atoms with van der Waals surface area (Å²) in [5, 5.41) is 9.44. The summed E-state index contributed by atoms with van der Waals surface area (Å²) in [5.74, 6) is 0.110. The van der Waals surface area contributed by atoms with E-state index in [4.69, 9.17) is 16.7 Å². The second-order valence-corrected chi connectivity index (χ2v) is 3.20. The minimum Gasteiger partial charge on any atom is -0.506 e. The fourth-order valence-electron chi connectivity index (χ4n) is 0.636. The highest BCUT2D eigenvalue weighted by molar-refractivity contribution is 9.10. The van der Waals surface area contributed by atoms with Gasteiger partial charge in [0.1, 0.15) is 5.75 Å². The van der Waals surface area contributed by atoms with E-state index in [2.05, 4.69) is 15.9 Å². The van der Waals surface area contributed by atoms with Gasteiger partial charge in [0.25, 0.3) is 0 Å². The molecule has 0 spiro atoms. The first-order chi connectivity index (χ1) is 4.63. The van der Waals surface area contributed by atoms with Crippen molar-refractivity contribution >= 4 is 27.5 Å². The van der Waals surface area contributed by atoms with Crippen LogP contribution in [0.1, 0.15) is 5.56 Å². The zero-order chi connectivity index (χ0) is 7.72. The number of hydrogen-bond donors (Lipinski definition) is 1. The van der Waals surface area contributed by atoms with E-state index in [0.717, 1.165) is 10.0 Å². The summed E-state index contributed by atoms with van der Waals surface area (Å²) in [4.78, 5) is 0. The van der Waals surface area contributed by atoms with Crippen LogP contribution in [0.4, 0.5) is 0 Å². The number of halogens is 2. The molecule has 1 N–H and O–H groups in total. The number of aryl methyl sites for hydroxylation is 1. The molecule has 3 heteroatoms. The van der Waals surface area contributed by atoms with E-state index in [9.17, 15) is 0 Å². The van der Waals surface area contributed by atoms with Crippen molar-refractivity contribution in [2.45, 2.75) is 6.92 Å². The Kier molecular flexibility index (Phi) is 2.21. The molecule has 0 aliphatic carbocycles. The third-order valence-corrected chi connectivity index (χ3v) is 2.89. The van der Waals surface area contributed by atoms with Gasteiger partial charge in [-0.25, -0.2) is 0 Å². The number of aromatic hydroxyl groups is 1. The molecule has 1 nitrogen and oxygen atoms in total. The first kappa shape index (κ1) is 7.89. The predicted octanol–water partition coefficient (Wildman–Crippen LogP) is 3.12. The molecule has 0 aliphatic heterocycles. The maximum absolute atomic E-state index is 9.06. The van der Waals surface area contributed by atoms with Gasteiger partial charge in [-0.1, -0.05) is 17.7 Å². The number of phenolic OH excluding ortho intramolecular Hbond substituents is 1. The van der Waals surface area contributed by atoms with Gasteiger partial charge in [0.15, 0.2) is 0 Å². The molecular weight excluding hydrogens is 215 g/mol. The summed E-state index contributed by atoms with van der Waals surface area (Å²) in [5.41, 5.74) is 1.02. The van der Waals surface area contributed by atoms with Crippen molar-refractivity contribution in [3.05, 3.63) is 27.2 Å². The number of phenols is 1. The molecule has 0 atom stereocenters. The molecular formula is C7H6BrClO. The topological polar surface area (TPSA) is 20.2 Å². The largest absolute Gasteiger partial charge is 0.506 e. The Bertz CT molecular complexity index is 233. The van der Waals surface area contributed by atoms with Crippen LogP contribution in [0.2, 0.25) is 5.02 Å². The molecule has 1 rings (SSSR count). The van der Waals surface area contributed by atoms with Gasteiger partial charge in [-0.2, -0.15) is 0 Å². The van der Waals surface area contributed by atoms with Gasteiger partial charge in [0.2, 0.25) is 0 Å². The van der Waals surface area contributed by atoms with Gasteiger partial charge >= 0.3 is 0 Å². The molecule has 0 bridgehead atoms. The predicted molar refractivity (Wildman–Crippen MR) is 45.6 cm³/mol. The molecule has 54 valence electrons. The number of hydrogen-bond acceptors (Lipinski definition) is 1. The quantitative estimate of drug-likeness (QED) is 0.714. The van der Waals surface area contributed by atoms with Gasteiger partial charge in [0, 0.05) is 4.47 Å². The van der Waals surface area contributed by atoms with E-state index < -0.39 is 0 Å². The highest BCUT2D eigenvalue weighted by Gasteiger charge is 2.03. The average molecular weight is 221 g/mol. The summed E-state index contributed by atoms with van der Waals surface area (Å²) in [7, 11) is 0. The van der Waals surface area contributed by atoms with Crippen molar-refractivity contribution in [2.24, 2.45) is 0 Å². The van der Waals surface area contributed by atoms with E-state index in [1.54, 1.807) is 12.1 Å². The fraction of sp³-hybridized carbons (Fsp3) is 0.143. The van der Waals surface area contributed by atoms with E-state index >= 15 is 0 Å². The zero-order valence-electron chi connectivity index (χ0n) is 5.36. The molecule has 0 saturated heterocycles. The Morgan fingerprint density at radius 2 is 2.10 bits per heavy atom. The van der Waals surface area contributed by atoms with E-state index in [1.165, 1.54) is 0 Å². The first-order valence-corrected chi connectivity index (χ1v) is 3.93. The summed E-state index contributed by atoms with van der Waals surface area (Å²) in [6.45, 7) is 1.91. The van der Waals surface area contributed by atoms with Gasteiger partial charge in [-0.3, -0.25) is 0 Å². The second kappa shape index (κ2) is 2.81. The summed E-state index contributed by atoms with van der Waals surface area (Å²) in [6.07, 6.45) is 0. The number of benzene rings is 1. The SMILES string of the molecule is Cc1ccc(O)c(Cl)c1Br. The monoisotopic (exact) mass is 220 g/mol. The minimum absolute atomic E-state index is 0.110. The van der Waals surface area contributed by atoms with Crippen molar-refractivity contribution < 1.29 is 5.11 Å². The smallest absolute Gasteiger partial charge is 0.135 e. The fourth-order valence-corrected chi connectivity index (χ4v) is 1.18. The molecule has 0 aliphatic rings. The van der Waals surface area contributed by atoms with Crippen molar-refractivity contribution in [2.75, 3.05) is 0 Å². The molecule has 0 amide bonds. The van der Waals surface area contributed by atoms with Gasteiger partial charge in [-0.15, -0.1) is 0 Å². The van der Waals surface area contributed by atoms with Crippen LogP contribution in [0, 0.1) is 6.92 Å². The van der Waals surface area contributed by atoms with Gasteiger partial charge in [0.05, 0.1) is 5.02 Å². The lowest BCUT2D eigenvalue weighted by atomic mass is 10.2. The lowest BCUT2D eigenvalue weighted by Crippen LogP contribution is -1.76. The molecule has 0 heterocycles. The van der Waals surface area contributed by atoms with Gasteiger partial charge < -0.3 is 5.11 Å². The van der Waals surface area contributed by atoms with Crippen LogP contribution >= 0.6 is 27.5 Å². The van der Waals surface area contributed by atoms with Crippen molar-refractivity contribution in [1.82, 2.24) is 0 Å². The molecule has 0 radical (unpaired) electrons. The average Bonchev–Trinajstić information content (AvgIpc) is 1.93. The Morgan fingerprint density at radius 1 is 1.50 bits per heavy atom. The highest BCUT2D eigenvalue weighted by atomic mass is 79.9. The van der Waals surface area contributed by atoms with Crippen LogP contribution in [0.3, 0.4) is 0 Å².